The van der Waals surface area contributed by atoms with Crippen molar-refractivity contribution in [3.05, 3.63) is 37.0 Å². The molecule has 0 bridgehead atoms. The molecule has 0 saturated heterocycles. The maximum Gasteiger partial charge on any atom is 0.318 e. The van der Waals surface area contributed by atoms with Gasteiger partial charge < -0.3 is 9.15 Å². The Kier molecular flexibility index (Phi) is 3.03. The maximum atomic E-state index is 11.2. The lowest BCUT2D eigenvalue weighted by Crippen LogP contribution is -2.08. The minimum absolute atomic E-state index is 0.154. The summed E-state index contributed by atoms with van der Waals surface area (Å²) in [5.41, 5.74) is 0. The van der Waals surface area contributed by atoms with E-state index in [1.54, 1.807) is 6.07 Å². The number of rotatable bonds is 4. The van der Waals surface area contributed by atoms with E-state index in [0.29, 0.717) is 0 Å². The van der Waals surface area contributed by atoms with Crippen molar-refractivity contribution in [2.75, 3.05) is 0 Å². The number of carbonyl (C=O) groups excluding carboxylic acids is 2. The maximum absolute atomic E-state index is 11.2. The van der Waals surface area contributed by atoms with E-state index in [0.717, 1.165) is 6.26 Å². The van der Waals surface area contributed by atoms with Crippen LogP contribution in [0.25, 0.3) is 0 Å². The number of furan rings is 1. The van der Waals surface area contributed by atoms with Gasteiger partial charge in [-0.2, -0.15) is 0 Å². The van der Waals surface area contributed by atoms with Crippen molar-refractivity contribution in [3.63, 3.8) is 0 Å². The molecule has 0 amide bonds. The summed E-state index contributed by atoms with van der Waals surface area (Å²) in [6.45, 7) is 3.19. The zero-order valence-corrected chi connectivity index (χ0v) is 6.86. The molecule has 0 radical (unpaired) electrons. The van der Waals surface area contributed by atoms with Gasteiger partial charge in [0.25, 0.3) is 0 Å². The Bertz CT molecular complexity index is 310. The molecule has 0 fully saturated rings. The van der Waals surface area contributed by atoms with E-state index in [4.69, 9.17) is 4.42 Å². The average molecular weight is 180 g/mol. The van der Waals surface area contributed by atoms with E-state index in [-0.39, 0.29) is 12.2 Å². The van der Waals surface area contributed by atoms with Crippen molar-refractivity contribution in [2.24, 2.45) is 0 Å². The van der Waals surface area contributed by atoms with Crippen molar-refractivity contribution >= 4 is 11.8 Å². The summed E-state index contributed by atoms with van der Waals surface area (Å²) in [6, 6.07) is 3.07. The normalized spacial score (nSPS) is 9.23. The van der Waals surface area contributed by atoms with Crippen LogP contribution in [0, 0.1) is 0 Å². The largest absolute Gasteiger partial charge is 0.461 e. The van der Waals surface area contributed by atoms with Crippen molar-refractivity contribution < 1.29 is 18.7 Å². The van der Waals surface area contributed by atoms with E-state index in [9.17, 15) is 9.59 Å². The quantitative estimate of drug-likeness (QED) is 0.305. The second kappa shape index (κ2) is 4.25. The first-order valence-electron chi connectivity index (χ1n) is 3.61. The lowest BCUT2D eigenvalue weighted by molar-refractivity contribution is -0.136. The second-order valence-electron chi connectivity index (χ2n) is 2.23. The van der Waals surface area contributed by atoms with E-state index in [1.165, 1.54) is 12.3 Å². The van der Waals surface area contributed by atoms with Gasteiger partial charge in [-0.3, -0.25) is 9.59 Å². The number of ketones is 1. The summed E-state index contributed by atoms with van der Waals surface area (Å²) >= 11 is 0. The molecule has 0 aliphatic carbocycles. The third-order valence-electron chi connectivity index (χ3n) is 1.32. The van der Waals surface area contributed by atoms with Gasteiger partial charge in [-0.05, 0) is 12.1 Å². The van der Waals surface area contributed by atoms with Crippen LogP contribution in [0.2, 0.25) is 0 Å². The molecule has 13 heavy (non-hydrogen) atoms. The van der Waals surface area contributed by atoms with Gasteiger partial charge in [0.05, 0.1) is 12.5 Å². The predicted molar refractivity (Wildman–Crippen MR) is 43.9 cm³/mol. The molecule has 0 saturated carbocycles. The smallest absolute Gasteiger partial charge is 0.318 e. The van der Waals surface area contributed by atoms with Gasteiger partial charge in [0.15, 0.2) is 5.76 Å². The predicted octanol–water partition coefficient (Wildman–Crippen LogP) is 1.54. The van der Waals surface area contributed by atoms with Gasteiger partial charge in [-0.15, -0.1) is 0 Å². The fraction of sp³-hybridized carbons (Fsp3) is 0.111. The van der Waals surface area contributed by atoms with Gasteiger partial charge in [0, 0.05) is 0 Å². The molecule has 0 spiro atoms. The van der Waals surface area contributed by atoms with Crippen molar-refractivity contribution in [3.8, 4) is 0 Å². The standard InChI is InChI=1S/C9H8O4/c1-2-12-9(11)6-7(10)8-4-3-5-13-8/h2-5H,1,6H2. The first-order valence-corrected chi connectivity index (χ1v) is 3.61. The Labute approximate surface area is 74.8 Å². The minimum Gasteiger partial charge on any atom is -0.461 e. The average Bonchev–Trinajstić information content (AvgIpc) is 2.55. The zero-order valence-electron chi connectivity index (χ0n) is 6.86. The molecule has 0 aliphatic rings. The first kappa shape index (κ1) is 9.25. The Morgan fingerprint density at radius 1 is 1.62 bits per heavy atom. The summed E-state index contributed by atoms with van der Waals surface area (Å²) in [7, 11) is 0. The Balaban J connectivity index is 2.51. The van der Waals surface area contributed by atoms with E-state index >= 15 is 0 Å². The first-order chi connectivity index (χ1) is 6.24. The number of carbonyl (C=O) groups is 2. The van der Waals surface area contributed by atoms with Crippen LogP contribution in [0.5, 0.6) is 0 Å². The molecule has 0 atom stereocenters. The van der Waals surface area contributed by atoms with Crippen LogP contribution >= 0.6 is 0 Å². The van der Waals surface area contributed by atoms with Gasteiger partial charge in [0.2, 0.25) is 5.78 Å². The van der Waals surface area contributed by atoms with E-state index in [2.05, 4.69) is 11.3 Å². The fourth-order valence-electron chi connectivity index (χ4n) is 0.790. The van der Waals surface area contributed by atoms with E-state index in [1.807, 2.05) is 0 Å². The zero-order chi connectivity index (χ0) is 9.68. The minimum atomic E-state index is -0.642. The molecule has 0 N–H and O–H groups in total. The van der Waals surface area contributed by atoms with Crippen LogP contribution < -0.4 is 0 Å². The van der Waals surface area contributed by atoms with Crippen LogP contribution in [0.1, 0.15) is 17.0 Å². The summed E-state index contributed by atoms with van der Waals surface area (Å²) < 4.78 is 9.16. The van der Waals surface area contributed by atoms with Crippen molar-refractivity contribution in [1.29, 1.82) is 0 Å². The van der Waals surface area contributed by atoms with Crippen LogP contribution in [0.3, 0.4) is 0 Å². The molecule has 1 rings (SSSR count). The lowest BCUT2D eigenvalue weighted by atomic mass is 10.2. The molecule has 68 valence electrons. The Morgan fingerprint density at radius 2 is 2.38 bits per heavy atom. The van der Waals surface area contributed by atoms with Crippen LogP contribution in [-0.4, -0.2) is 11.8 Å². The topological polar surface area (TPSA) is 56.5 Å². The van der Waals surface area contributed by atoms with E-state index < -0.39 is 11.8 Å². The summed E-state index contributed by atoms with van der Waals surface area (Å²) in [4.78, 5) is 22.0. The molecule has 4 nitrogen and oxygen atoms in total. The molecule has 4 heteroatoms. The van der Waals surface area contributed by atoms with Gasteiger partial charge in [-0.1, -0.05) is 6.58 Å². The molecule has 0 aliphatic heterocycles. The molecule has 1 aromatic rings. The fourth-order valence-corrected chi connectivity index (χ4v) is 0.790. The van der Waals surface area contributed by atoms with Crippen LogP contribution in [-0.2, 0) is 9.53 Å². The van der Waals surface area contributed by atoms with Gasteiger partial charge in [0.1, 0.15) is 6.42 Å². The molecule has 1 heterocycles. The number of hydrogen-bond donors (Lipinski definition) is 0. The highest BCUT2D eigenvalue weighted by molar-refractivity contribution is 6.04. The van der Waals surface area contributed by atoms with Crippen LogP contribution in [0.15, 0.2) is 35.7 Å². The van der Waals surface area contributed by atoms with Gasteiger partial charge >= 0.3 is 5.97 Å². The van der Waals surface area contributed by atoms with Crippen molar-refractivity contribution in [2.45, 2.75) is 6.42 Å². The Morgan fingerprint density at radius 3 is 2.92 bits per heavy atom. The Hall–Kier alpha value is -1.84. The summed E-state index contributed by atoms with van der Waals surface area (Å²) in [5.74, 6) is -0.894. The number of ether oxygens (including phenoxy) is 1. The molecular weight excluding hydrogens is 172 g/mol. The highest BCUT2D eigenvalue weighted by atomic mass is 16.5. The summed E-state index contributed by atoms with van der Waals surface area (Å²) in [6.07, 6.45) is 2.02. The lowest BCUT2D eigenvalue weighted by Gasteiger charge is -1.95. The number of hydrogen-bond acceptors (Lipinski definition) is 4. The molecule has 0 aromatic carbocycles. The SMILES string of the molecule is C=COC(=O)CC(=O)c1ccco1. The summed E-state index contributed by atoms with van der Waals surface area (Å²) in [5, 5.41) is 0. The van der Waals surface area contributed by atoms with Crippen molar-refractivity contribution in [1.82, 2.24) is 0 Å². The number of esters is 1. The van der Waals surface area contributed by atoms with Crippen LogP contribution in [0.4, 0.5) is 0 Å². The molecule has 1 aromatic heterocycles. The second-order valence-corrected chi connectivity index (χ2v) is 2.23. The molecule has 0 unspecified atom stereocenters. The highest BCUT2D eigenvalue weighted by Gasteiger charge is 2.14. The third-order valence-corrected chi connectivity index (χ3v) is 1.32. The highest BCUT2D eigenvalue weighted by Crippen LogP contribution is 2.04. The third kappa shape index (κ3) is 2.59. The monoisotopic (exact) mass is 180 g/mol. The van der Waals surface area contributed by atoms with Gasteiger partial charge in [-0.25, -0.2) is 0 Å². The molecular formula is C9H8O4. The number of Topliss-reactive ketones (excluding diaryl/α,β-unsaturated/α-hetero) is 1.